The fraction of sp³-hybridized carbons (Fsp3) is 1.00. The molecule has 104 valence electrons. The van der Waals surface area contributed by atoms with Crippen molar-refractivity contribution < 1.29 is 9.13 Å². The third-order valence-corrected chi connectivity index (χ3v) is 5.17. The second-order valence-corrected chi connectivity index (χ2v) is 7.26. The van der Waals surface area contributed by atoms with Crippen molar-refractivity contribution in [3.8, 4) is 0 Å². The minimum atomic E-state index is -0.947. The molecule has 3 atom stereocenters. The van der Waals surface area contributed by atoms with Crippen LogP contribution in [0.15, 0.2) is 0 Å². The standard InChI is InChI=1S/C15H26FNO/c1-11(2)18-10-15(6-7-15)9-17-12-4-5-13(17)14(3,16)8-12/h11-13H,4-10H2,1-3H3. The first-order chi connectivity index (χ1) is 8.42. The van der Waals surface area contributed by atoms with E-state index in [1.165, 1.54) is 19.3 Å². The molecule has 3 heteroatoms. The number of nitrogens with zero attached hydrogens (tertiary/aromatic N) is 1. The van der Waals surface area contributed by atoms with E-state index in [9.17, 15) is 4.39 Å². The molecule has 0 spiro atoms. The molecular formula is C15H26FNO. The quantitative estimate of drug-likeness (QED) is 0.748. The summed E-state index contributed by atoms with van der Waals surface area (Å²) in [6.45, 7) is 7.91. The Morgan fingerprint density at radius 2 is 2.06 bits per heavy atom. The Balaban J connectivity index is 1.61. The van der Waals surface area contributed by atoms with Crippen molar-refractivity contribution in [2.45, 2.75) is 76.7 Å². The molecule has 1 saturated carbocycles. The summed E-state index contributed by atoms with van der Waals surface area (Å²) < 4.78 is 20.2. The Morgan fingerprint density at radius 1 is 1.33 bits per heavy atom. The van der Waals surface area contributed by atoms with Gasteiger partial charge in [-0.1, -0.05) is 0 Å². The van der Waals surface area contributed by atoms with Crippen molar-refractivity contribution in [2.24, 2.45) is 5.41 Å². The van der Waals surface area contributed by atoms with Gasteiger partial charge in [0.2, 0.25) is 0 Å². The van der Waals surface area contributed by atoms with Crippen LogP contribution in [-0.4, -0.2) is 41.9 Å². The van der Waals surface area contributed by atoms with E-state index >= 15 is 0 Å². The summed E-state index contributed by atoms with van der Waals surface area (Å²) in [5.41, 5.74) is -0.594. The molecule has 3 unspecified atom stereocenters. The largest absolute Gasteiger partial charge is 0.378 e. The molecular weight excluding hydrogens is 229 g/mol. The zero-order valence-corrected chi connectivity index (χ0v) is 11.9. The molecule has 3 aliphatic rings. The van der Waals surface area contributed by atoms with Gasteiger partial charge in [-0.25, -0.2) is 4.39 Å². The monoisotopic (exact) mass is 255 g/mol. The maximum absolute atomic E-state index is 14.4. The molecule has 0 amide bonds. The topological polar surface area (TPSA) is 12.5 Å². The first-order valence-electron chi connectivity index (χ1n) is 7.48. The third-order valence-electron chi connectivity index (χ3n) is 5.17. The van der Waals surface area contributed by atoms with Gasteiger partial charge in [0.1, 0.15) is 5.67 Å². The molecule has 2 heterocycles. The van der Waals surface area contributed by atoms with Gasteiger partial charge in [0.15, 0.2) is 0 Å². The van der Waals surface area contributed by atoms with E-state index in [-0.39, 0.29) is 6.04 Å². The molecule has 0 N–H and O–H groups in total. The molecule has 2 aliphatic heterocycles. The number of hydrogen-bond donors (Lipinski definition) is 0. The first-order valence-corrected chi connectivity index (χ1v) is 7.48. The van der Waals surface area contributed by atoms with Gasteiger partial charge in [-0.3, -0.25) is 4.90 Å². The second kappa shape index (κ2) is 4.17. The van der Waals surface area contributed by atoms with Crippen molar-refractivity contribution in [2.75, 3.05) is 13.2 Å². The summed E-state index contributed by atoms with van der Waals surface area (Å²) in [5.74, 6) is 0. The minimum Gasteiger partial charge on any atom is -0.378 e. The Bertz CT molecular complexity index is 324. The maximum Gasteiger partial charge on any atom is 0.125 e. The van der Waals surface area contributed by atoms with Gasteiger partial charge in [-0.2, -0.15) is 0 Å². The predicted octanol–water partition coefficient (Wildman–Crippen LogP) is 3.16. The van der Waals surface area contributed by atoms with Gasteiger partial charge < -0.3 is 4.74 Å². The van der Waals surface area contributed by atoms with Gasteiger partial charge in [0.05, 0.1) is 12.7 Å². The average Bonchev–Trinajstić information content (AvgIpc) is 2.87. The van der Waals surface area contributed by atoms with E-state index in [2.05, 4.69) is 18.7 Å². The average molecular weight is 255 g/mol. The Morgan fingerprint density at radius 3 is 2.50 bits per heavy atom. The lowest BCUT2D eigenvalue weighted by Gasteiger charge is -2.30. The van der Waals surface area contributed by atoms with Crippen molar-refractivity contribution >= 4 is 0 Å². The molecule has 2 saturated heterocycles. The van der Waals surface area contributed by atoms with E-state index in [4.69, 9.17) is 4.74 Å². The van der Waals surface area contributed by atoms with Crippen LogP contribution in [0, 0.1) is 5.41 Å². The third kappa shape index (κ3) is 2.20. The fourth-order valence-corrected chi connectivity index (χ4v) is 3.89. The van der Waals surface area contributed by atoms with Crippen LogP contribution in [0.3, 0.4) is 0 Å². The van der Waals surface area contributed by atoms with E-state index < -0.39 is 5.67 Å². The van der Waals surface area contributed by atoms with Gasteiger partial charge in [0, 0.05) is 24.0 Å². The smallest absolute Gasteiger partial charge is 0.125 e. The molecule has 1 aliphatic carbocycles. The molecule has 18 heavy (non-hydrogen) atoms. The molecule has 2 nitrogen and oxygen atoms in total. The molecule has 3 rings (SSSR count). The lowest BCUT2D eigenvalue weighted by molar-refractivity contribution is 0.0244. The predicted molar refractivity (Wildman–Crippen MR) is 70.4 cm³/mol. The number of hydrogen-bond acceptors (Lipinski definition) is 2. The van der Waals surface area contributed by atoms with Gasteiger partial charge in [0.25, 0.3) is 0 Å². The molecule has 0 aromatic rings. The summed E-state index contributed by atoms with van der Waals surface area (Å²) in [6, 6.07) is 0.681. The van der Waals surface area contributed by atoms with Gasteiger partial charge >= 0.3 is 0 Å². The summed E-state index contributed by atoms with van der Waals surface area (Å²) in [4.78, 5) is 2.47. The highest BCUT2D eigenvalue weighted by Gasteiger charge is 2.57. The van der Waals surface area contributed by atoms with Crippen LogP contribution in [0.2, 0.25) is 0 Å². The van der Waals surface area contributed by atoms with Crippen LogP contribution in [0.1, 0.15) is 52.9 Å². The fourth-order valence-electron chi connectivity index (χ4n) is 3.89. The Hall–Kier alpha value is -0.150. The zero-order valence-electron chi connectivity index (χ0n) is 11.9. The maximum atomic E-state index is 14.4. The van der Waals surface area contributed by atoms with Crippen molar-refractivity contribution in [3.05, 3.63) is 0 Å². The molecule has 0 aromatic heterocycles. The van der Waals surface area contributed by atoms with Gasteiger partial charge in [-0.15, -0.1) is 0 Å². The number of halogens is 1. The number of fused-ring (bicyclic) bond motifs is 2. The van der Waals surface area contributed by atoms with Crippen LogP contribution in [0.4, 0.5) is 4.39 Å². The lowest BCUT2D eigenvalue weighted by Crippen LogP contribution is -2.41. The SMILES string of the molecule is CC(C)OCC1(CN2C3CCC2C(C)(F)C3)CC1. The lowest BCUT2D eigenvalue weighted by atomic mass is 9.88. The summed E-state index contributed by atoms with van der Waals surface area (Å²) >= 11 is 0. The van der Waals surface area contributed by atoms with E-state index in [1.54, 1.807) is 6.92 Å². The Labute approximate surface area is 110 Å². The highest BCUT2D eigenvalue weighted by Crippen LogP contribution is 2.53. The highest BCUT2D eigenvalue weighted by atomic mass is 19.1. The zero-order chi connectivity index (χ0) is 13.0. The highest BCUT2D eigenvalue weighted by molar-refractivity contribution is 5.10. The van der Waals surface area contributed by atoms with Crippen molar-refractivity contribution in [1.82, 2.24) is 4.90 Å². The summed E-state index contributed by atoms with van der Waals surface area (Å²) in [7, 11) is 0. The van der Waals surface area contributed by atoms with Crippen molar-refractivity contribution in [1.29, 1.82) is 0 Å². The van der Waals surface area contributed by atoms with Crippen LogP contribution < -0.4 is 0 Å². The Kier molecular flexibility index (Phi) is 2.98. The molecule has 3 fully saturated rings. The van der Waals surface area contributed by atoms with E-state index in [0.717, 1.165) is 26.0 Å². The number of alkyl halides is 1. The van der Waals surface area contributed by atoms with Crippen LogP contribution >= 0.6 is 0 Å². The summed E-state index contributed by atoms with van der Waals surface area (Å²) in [5, 5.41) is 0. The molecule has 0 radical (unpaired) electrons. The molecule has 2 bridgehead atoms. The second-order valence-electron chi connectivity index (χ2n) is 7.26. The van der Waals surface area contributed by atoms with Gasteiger partial charge in [-0.05, 0) is 52.9 Å². The van der Waals surface area contributed by atoms with Crippen molar-refractivity contribution in [3.63, 3.8) is 0 Å². The van der Waals surface area contributed by atoms with E-state index in [0.29, 0.717) is 17.6 Å². The normalized spacial score (nSPS) is 41.8. The summed E-state index contributed by atoms with van der Waals surface area (Å²) in [6.07, 6.45) is 5.84. The van der Waals surface area contributed by atoms with E-state index in [1.807, 2.05) is 0 Å². The number of ether oxygens (including phenoxy) is 1. The van der Waals surface area contributed by atoms with Crippen LogP contribution in [-0.2, 0) is 4.74 Å². The minimum absolute atomic E-state index is 0.180. The van der Waals surface area contributed by atoms with Crippen LogP contribution in [0.25, 0.3) is 0 Å². The van der Waals surface area contributed by atoms with Crippen LogP contribution in [0.5, 0.6) is 0 Å². The number of rotatable bonds is 5. The first kappa shape index (κ1) is 12.9. The molecule has 0 aromatic carbocycles.